The highest BCUT2D eigenvalue weighted by atomic mass is 16.6. The number of ether oxygens (including phenoxy) is 1. The molecular formula is C31H33N7O6. The van der Waals surface area contributed by atoms with Crippen LogP contribution in [0, 0.1) is 0 Å². The van der Waals surface area contributed by atoms with Gasteiger partial charge in [0.1, 0.15) is 17.5 Å². The van der Waals surface area contributed by atoms with Crippen molar-refractivity contribution >= 4 is 40.9 Å². The molecule has 2 aromatic heterocycles. The van der Waals surface area contributed by atoms with Crippen LogP contribution in [0.4, 0.5) is 21.9 Å². The molecule has 4 aromatic rings. The van der Waals surface area contributed by atoms with Gasteiger partial charge in [0.15, 0.2) is 5.76 Å². The molecule has 0 saturated carbocycles. The summed E-state index contributed by atoms with van der Waals surface area (Å²) >= 11 is 0. The Morgan fingerprint density at radius 2 is 1.75 bits per heavy atom. The minimum atomic E-state index is -2.07. The molecule has 0 spiro atoms. The molecule has 2 unspecified atom stereocenters. The van der Waals surface area contributed by atoms with Crippen LogP contribution in [-0.4, -0.2) is 46.2 Å². The predicted molar refractivity (Wildman–Crippen MR) is 162 cm³/mol. The number of benzene rings is 2. The molecule has 1 aliphatic rings. The van der Waals surface area contributed by atoms with Crippen molar-refractivity contribution in [2.45, 2.75) is 39.0 Å². The van der Waals surface area contributed by atoms with Gasteiger partial charge in [-0.3, -0.25) is 19.1 Å². The third-order valence-corrected chi connectivity index (χ3v) is 7.29. The van der Waals surface area contributed by atoms with Gasteiger partial charge in [-0.1, -0.05) is 37.3 Å². The van der Waals surface area contributed by atoms with Crippen molar-refractivity contribution in [1.82, 2.24) is 20.5 Å². The molecule has 13 heteroatoms. The van der Waals surface area contributed by atoms with Gasteiger partial charge in [-0.25, -0.2) is 9.80 Å². The van der Waals surface area contributed by atoms with Crippen LogP contribution in [0.15, 0.2) is 83.6 Å². The van der Waals surface area contributed by atoms with Gasteiger partial charge < -0.3 is 24.7 Å². The Bertz CT molecular complexity index is 1680. The first kappa shape index (κ1) is 30.0. The van der Waals surface area contributed by atoms with E-state index in [1.165, 1.54) is 34.2 Å². The first-order chi connectivity index (χ1) is 21.2. The number of carbonyl (C=O) groups excluding carboxylic acids is 4. The molecule has 5 rings (SSSR count). The zero-order valence-corrected chi connectivity index (χ0v) is 24.7. The Morgan fingerprint density at radius 1 is 1.02 bits per heavy atom. The zero-order chi connectivity index (χ0) is 31.4. The zero-order valence-electron chi connectivity index (χ0n) is 24.7. The Hall–Kier alpha value is -5.43. The average Bonchev–Trinajstić information content (AvgIpc) is 3.76. The molecule has 3 N–H and O–H groups in total. The van der Waals surface area contributed by atoms with E-state index in [1.807, 2.05) is 13.0 Å². The van der Waals surface area contributed by atoms with Crippen molar-refractivity contribution < 1.29 is 28.3 Å². The third-order valence-electron chi connectivity index (χ3n) is 7.29. The molecule has 1 aliphatic heterocycles. The number of aryl methyl sites for hydroxylation is 1. The lowest BCUT2D eigenvalue weighted by Gasteiger charge is -2.34. The number of amides is 4. The fourth-order valence-electron chi connectivity index (χ4n) is 4.84. The quantitative estimate of drug-likeness (QED) is 0.260. The van der Waals surface area contributed by atoms with Crippen molar-refractivity contribution in [3.8, 4) is 0 Å². The summed E-state index contributed by atoms with van der Waals surface area (Å²) in [6.45, 7) is 5.63. The van der Waals surface area contributed by atoms with Gasteiger partial charge in [0, 0.05) is 31.5 Å². The number of rotatable bonds is 9. The van der Waals surface area contributed by atoms with Gasteiger partial charge in [0.05, 0.1) is 17.5 Å². The van der Waals surface area contributed by atoms with E-state index in [1.54, 1.807) is 69.4 Å². The lowest BCUT2D eigenvalue weighted by Crippen LogP contribution is -2.66. The maximum absolute atomic E-state index is 14.6. The van der Waals surface area contributed by atoms with Crippen molar-refractivity contribution in [3.63, 3.8) is 0 Å². The van der Waals surface area contributed by atoms with Crippen molar-refractivity contribution in [2.75, 3.05) is 21.8 Å². The molecule has 0 fully saturated rings. The number of para-hydroxylation sites is 2. The first-order valence-electron chi connectivity index (χ1n) is 14.1. The largest absolute Gasteiger partial charge is 0.462 e. The highest BCUT2D eigenvalue weighted by Crippen LogP contribution is 2.39. The summed E-state index contributed by atoms with van der Waals surface area (Å²) in [6.07, 6.45) is 2.19. The molecule has 4 amide bonds. The van der Waals surface area contributed by atoms with E-state index in [0.29, 0.717) is 12.1 Å². The number of hydrogen-bond donors (Lipinski definition) is 3. The van der Waals surface area contributed by atoms with E-state index in [9.17, 15) is 19.2 Å². The first-order valence-corrected chi connectivity index (χ1v) is 14.1. The van der Waals surface area contributed by atoms with Crippen LogP contribution in [0.2, 0.25) is 0 Å². The summed E-state index contributed by atoms with van der Waals surface area (Å²) in [5.74, 6) is -1.84. The lowest BCUT2D eigenvalue weighted by molar-refractivity contribution is -0.126. The van der Waals surface area contributed by atoms with Crippen LogP contribution < -0.4 is 26.0 Å². The number of nitrogens with one attached hydrogen (secondary N) is 3. The van der Waals surface area contributed by atoms with E-state index >= 15 is 0 Å². The molecule has 44 heavy (non-hydrogen) atoms. The number of aromatic nitrogens is 2. The van der Waals surface area contributed by atoms with E-state index in [2.05, 4.69) is 21.2 Å². The maximum Gasteiger partial charge on any atom is 0.429 e. The van der Waals surface area contributed by atoms with Crippen molar-refractivity contribution in [2.24, 2.45) is 7.05 Å². The Kier molecular flexibility index (Phi) is 8.49. The molecule has 2 aromatic carbocycles. The predicted octanol–water partition coefficient (Wildman–Crippen LogP) is 4.16. The highest BCUT2D eigenvalue weighted by molar-refractivity contribution is 6.11. The van der Waals surface area contributed by atoms with E-state index < -0.39 is 35.6 Å². The smallest absolute Gasteiger partial charge is 0.429 e. The number of hydrogen-bond acceptors (Lipinski definition) is 8. The second kappa shape index (κ2) is 12.4. The standard InChI is InChI=1S/C31H33N7O6/c1-5-20(3)44-30(42)38-24-17-19-43-26(24)31(35-38,29(41)37(6-2)21-12-8-7-9-13-21)34-27(39)22-14-10-11-15-23(22)33-28(40)25-16-18-32-36(25)4/h7-20,35H,5-6H2,1-4H3,(H,33,40)(H,34,39). The molecule has 3 heterocycles. The van der Waals surface area contributed by atoms with Crippen LogP contribution in [0.25, 0.3) is 0 Å². The Morgan fingerprint density at radius 3 is 2.43 bits per heavy atom. The summed E-state index contributed by atoms with van der Waals surface area (Å²) in [6, 6.07) is 18.3. The molecule has 0 aliphatic carbocycles. The Labute approximate surface area is 253 Å². The summed E-state index contributed by atoms with van der Waals surface area (Å²) in [5, 5.41) is 10.6. The molecule has 0 saturated heterocycles. The van der Waals surface area contributed by atoms with E-state index in [4.69, 9.17) is 9.15 Å². The highest BCUT2D eigenvalue weighted by Gasteiger charge is 2.57. The monoisotopic (exact) mass is 599 g/mol. The number of furan rings is 1. The number of carbonyl (C=O) groups is 4. The SMILES string of the molecule is CCC(C)OC(=O)N1NC(NC(=O)c2ccccc2NC(=O)c2ccnn2C)(C(=O)N(CC)c2ccccc2)c2occc21. The molecule has 228 valence electrons. The van der Waals surface area contributed by atoms with Gasteiger partial charge in [-0.2, -0.15) is 10.5 Å². The fourth-order valence-corrected chi connectivity index (χ4v) is 4.84. The number of anilines is 3. The molecule has 2 atom stereocenters. The maximum atomic E-state index is 14.6. The van der Waals surface area contributed by atoms with Gasteiger partial charge in [-0.05, 0) is 50.6 Å². The molecule has 13 nitrogen and oxygen atoms in total. The average molecular weight is 600 g/mol. The topological polar surface area (TPSA) is 151 Å². The van der Waals surface area contributed by atoms with Crippen LogP contribution in [-0.2, 0) is 22.2 Å². The number of hydrazine groups is 1. The van der Waals surface area contributed by atoms with Gasteiger partial charge in [-0.15, -0.1) is 0 Å². The van der Waals surface area contributed by atoms with E-state index in [0.717, 1.165) is 5.01 Å². The normalized spacial score (nSPS) is 16.1. The number of likely N-dealkylation sites (N-methyl/N-ethyl adjacent to an activating group) is 1. The van der Waals surface area contributed by atoms with Gasteiger partial charge in [0.2, 0.25) is 0 Å². The summed E-state index contributed by atoms with van der Waals surface area (Å²) < 4.78 is 12.7. The Balaban J connectivity index is 1.55. The summed E-state index contributed by atoms with van der Waals surface area (Å²) in [7, 11) is 1.62. The van der Waals surface area contributed by atoms with Crippen molar-refractivity contribution in [3.05, 3.63) is 96.2 Å². The molecule has 0 radical (unpaired) electrons. The second-order valence-corrected chi connectivity index (χ2v) is 10.1. The minimum Gasteiger partial charge on any atom is -0.462 e. The summed E-state index contributed by atoms with van der Waals surface area (Å²) in [5.41, 5.74) is 2.13. The third kappa shape index (κ3) is 5.52. The number of nitrogens with zero attached hydrogens (tertiary/aromatic N) is 4. The van der Waals surface area contributed by atoms with Crippen LogP contribution in [0.1, 0.15) is 53.8 Å². The second-order valence-electron chi connectivity index (χ2n) is 10.1. The summed E-state index contributed by atoms with van der Waals surface area (Å²) in [4.78, 5) is 56.4. The molecular weight excluding hydrogens is 566 g/mol. The van der Waals surface area contributed by atoms with E-state index in [-0.39, 0.29) is 34.9 Å². The fraction of sp³-hybridized carbons (Fsp3) is 0.258. The van der Waals surface area contributed by atoms with Gasteiger partial charge >= 0.3 is 6.09 Å². The van der Waals surface area contributed by atoms with Crippen LogP contribution in [0.5, 0.6) is 0 Å². The number of fused-ring (bicyclic) bond motifs is 1. The lowest BCUT2D eigenvalue weighted by atomic mass is 10.0. The van der Waals surface area contributed by atoms with Crippen molar-refractivity contribution in [1.29, 1.82) is 0 Å². The van der Waals surface area contributed by atoms with Crippen LogP contribution in [0.3, 0.4) is 0 Å². The van der Waals surface area contributed by atoms with Gasteiger partial charge in [0.25, 0.3) is 23.4 Å². The van der Waals surface area contributed by atoms with Crippen LogP contribution >= 0.6 is 0 Å². The molecule has 0 bridgehead atoms. The minimum absolute atomic E-state index is 0.0114.